The van der Waals surface area contributed by atoms with E-state index in [0.717, 1.165) is 41.9 Å². The topological polar surface area (TPSA) is 46.5 Å². The van der Waals surface area contributed by atoms with Crippen LogP contribution in [0.25, 0.3) is 0 Å². The fourth-order valence-corrected chi connectivity index (χ4v) is 4.98. The molecule has 0 fully saturated rings. The molecule has 0 unspecified atom stereocenters. The summed E-state index contributed by atoms with van der Waals surface area (Å²) in [5.74, 6) is 1.68. The predicted molar refractivity (Wildman–Crippen MR) is 162 cm³/mol. The van der Waals surface area contributed by atoms with E-state index in [1.807, 2.05) is 86.2 Å². The van der Waals surface area contributed by atoms with Crippen molar-refractivity contribution in [3.05, 3.63) is 64.6 Å². The van der Waals surface area contributed by atoms with Gasteiger partial charge in [0.05, 0.1) is 6.61 Å². The lowest BCUT2D eigenvalue weighted by molar-refractivity contribution is -0.128. The van der Waals surface area contributed by atoms with Gasteiger partial charge in [0, 0.05) is 16.6 Å². The fourth-order valence-electron chi connectivity index (χ4n) is 3.54. The van der Waals surface area contributed by atoms with E-state index in [1.54, 1.807) is 0 Å². The third-order valence-corrected chi connectivity index (χ3v) is 7.19. The summed E-state index contributed by atoms with van der Waals surface area (Å²) >= 11 is 1.83. The summed E-state index contributed by atoms with van der Waals surface area (Å²) < 4.78 is 5.87. The van der Waals surface area contributed by atoms with Crippen molar-refractivity contribution in [3.8, 4) is 5.75 Å². The molecule has 0 radical (unpaired) electrons. The van der Waals surface area contributed by atoms with Crippen LogP contribution in [0.2, 0.25) is 0 Å². The van der Waals surface area contributed by atoms with Crippen molar-refractivity contribution in [1.82, 2.24) is 0 Å². The highest BCUT2D eigenvalue weighted by molar-refractivity contribution is 8.03. The smallest absolute Gasteiger partial charge is 0.175 e. The summed E-state index contributed by atoms with van der Waals surface area (Å²) in [4.78, 5) is 13.6. The molecule has 1 aromatic carbocycles. The maximum atomic E-state index is 12.3. The van der Waals surface area contributed by atoms with Crippen LogP contribution >= 0.6 is 11.8 Å². The SMILES string of the molecule is C=CC/C=C(\SC/C=C(\C)CO)C(CC)(CC)c1ccc(OCC(=O)C(C)(C)C)c(C)c1.CC.CC. The molecule has 1 aromatic rings. The maximum absolute atomic E-state index is 12.3. The largest absolute Gasteiger partial charge is 0.486 e. The van der Waals surface area contributed by atoms with Crippen molar-refractivity contribution in [2.45, 2.75) is 101 Å². The molecular formula is C32H54O3S. The van der Waals surface area contributed by atoms with Gasteiger partial charge in [-0.25, -0.2) is 0 Å². The summed E-state index contributed by atoms with van der Waals surface area (Å²) in [6, 6.07) is 6.36. The van der Waals surface area contributed by atoms with Crippen LogP contribution < -0.4 is 4.74 Å². The van der Waals surface area contributed by atoms with E-state index in [0.29, 0.717) is 0 Å². The number of aryl methyl sites for hydroxylation is 1. The van der Waals surface area contributed by atoms with Gasteiger partial charge in [-0.1, -0.05) is 98.2 Å². The molecule has 0 aromatic heterocycles. The number of aliphatic hydroxyl groups is 1. The average Bonchev–Trinajstić information content (AvgIpc) is 2.88. The number of hydrogen-bond acceptors (Lipinski definition) is 4. The predicted octanol–water partition coefficient (Wildman–Crippen LogP) is 9.23. The molecule has 0 heterocycles. The zero-order valence-electron chi connectivity index (χ0n) is 25.1. The number of Topliss-reactive ketones (excluding diaryl/α,β-unsaturated/α-hetero) is 1. The summed E-state index contributed by atoms with van der Waals surface area (Å²) in [6.45, 7) is 26.3. The van der Waals surface area contributed by atoms with Gasteiger partial charge in [0.2, 0.25) is 0 Å². The highest BCUT2D eigenvalue weighted by Gasteiger charge is 2.33. The van der Waals surface area contributed by atoms with Crippen molar-refractivity contribution in [1.29, 1.82) is 0 Å². The minimum absolute atomic E-state index is 0.0905. The first-order chi connectivity index (χ1) is 17.0. The molecule has 1 N–H and O–H groups in total. The molecule has 0 spiro atoms. The van der Waals surface area contributed by atoms with Gasteiger partial charge in [-0.2, -0.15) is 0 Å². The number of carbonyl (C=O) groups excluding carboxylic acids is 1. The van der Waals surface area contributed by atoms with Crippen LogP contribution in [0.1, 0.15) is 99.6 Å². The minimum atomic E-state index is -0.404. The van der Waals surface area contributed by atoms with Gasteiger partial charge in [-0.3, -0.25) is 4.79 Å². The molecule has 0 amide bonds. The zero-order chi connectivity index (χ0) is 28.4. The molecule has 0 saturated carbocycles. The van der Waals surface area contributed by atoms with Crippen molar-refractivity contribution in [3.63, 3.8) is 0 Å². The highest BCUT2D eigenvalue weighted by Crippen LogP contribution is 2.45. The lowest BCUT2D eigenvalue weighted by atomic mass is 9.74. The van der Waals surface area contributed by atoms with Crippen molar-refractivity contribution < 1.29 is 14.6 Å². The first-order valence-electron chi connectivity index (χ1n) is 13.5. The molecule has 0 aliphatic rings. The Balaban J connectivity index is 0. The molecule has 0 saturated heterocycles. The van der Waals surface area contributed by atoms with Crippen molar-refractivity contribution >= 4 is 17.5 Å². The summed E-state index contributed by atoms with van der Waals surface area (Å²) in [6.07, 6.45) is 9.09. The molecule has 1 rings (SSSR count). The number of aliphatic hydroxyl groups excluding tert-OH is 1. The van der Waals surface area contributed by atoms with Gasteiger partial charge in [0.1, 0.15) is 12.4 Å². The Morgan fingerprint density at radius 3 is 2.11 bits per heavy atom. The van der Waals surface area contributed by atoms with Gasteiger partial charge >= 0.3 is 0 Å². The number of allylic oxidation sites excluding steroid dienone is 3. The quantitative estimate of drug-likeness (QED) is 0.264. The molecule has 0 aliphatic carbocycles. The van der Waals surface area contributed by atoms with Gasteiger partial charge < -0.3 is 9.84 Å². The number of rotatable bonds is 13. The second kappa shape index (κ2) is 19.3. The Kier molecular flexibility index (Phi) is 19.5. The van der Waals surface area contributed by atoms with Crippen LogP contribution in [0.15, 0.2) is 53.5 Å². The second-order valence-electron chi connectivity index (χ2n) is 9.34. The zero-order valence-corrected chi connectivity index (χ0v) is 25.9. The molecule has 206 valence electrons. The van der Waals surface area contributed by atoms with Gasteiger partial charge in [-0.05, 0) is 55.2 Å². The number of ether oxygens (including phenoxy) is 1. The van der Waals surface area contributed by atoms with Crippen LogP contribution in [0, 0.1) is 12.3 Å². The summed E-state index contributed by atoms with van der Waals surface area (Å²) in [5, 5.41) is 9.31. The highest BCUT2D eigenvalue weighted by atomic mass is 32.2. The Labute approximate surface area is 227 Å². The molecule has 0 atom stereocenters. The van der Waals surface area contributed by atoms with E-state index < -0.39 is 5.41 Å². The average molecular weight is 519 g/mol. The second-order valence-corrected chi connectivity index (χ2v) is 10.4. The van der Waals surface area contributed by atoms with Crippen molar-refractivity contribution in [2.24, 2.45) is 5.41 Å². The standard InChI is InChI=1S/C28H42O3S.2C2H6/c1-9-12-13-26(32-17-16-21(4)19-29)28(10-2,11-3)23-14-15-24(22(5)18-23)31-20-25(30)27(6,7)8;2*1-2/h9,13-16,18,29H,1,10-12,17,19-20H2,2-8H3;2*1-2H3/b21-16+,26-13-;;. The number of benzene rings is 1. The lowest BCUT2D eigenvalue weighted by Crippen LogP contribution is -2.27. The van der Waals surface area contributed by atoms with Crippen LogP contribution in [-0.4, -0.2) is 29.9 Å². The van der Waals surface area contributed by atoms with Gasteiger partial charge in [-0.15, -0.1) is 18.3 Å². The van der Waals surface area contributed by atoms with E-state index in [1.165, 1.54) is 10.5 Å². The monoisotopic (exact) mass is 518 g/mol. The first-order valence-corrected chi connectivity index (χ1v) is 14.5. The molecule has 0 bridgehead atoms. The number of carbonyl (C=O) groups is 1. The van der Waals surface area contributed by atoms with E-state index >= 15 is 0 Å². The van der Waals surface area contributed by atoms with Gasteiger partial charge in [0.15, 0.2) is 5.78 Å². The third-order valence-electron chi connectivity index (χ3n) is 5.99. The van der Waals surface area contributed by atoms with Crippen LogP contribution in [0.3, 0.4) is 0 Å². The first kappa shape index (κ1) is 36.4. The minimum Gasteiger partial charge on any atom is -0.486 e. The number of hydrogen-bond donors (Lipinski definition) is 1. The van der Waals surface area contributed by atoms with Crippen LogP contribution in [-0.2, 0) is 10.2 Å². The normalized spacial score (nSPS) is 12.1. The Morgan fingerprint density at radius 1 is 1.08 bits per heavy atom. The Morgan fingerprint density at radius 2 is 1.67 bits per heavy atom. The van der Waals surface area contributed by atoms with E-state index in [4.69, 9.17) is 4.74 Å². The Hall–Kier alpha value is -1.78. The molecule has 36 heavy (non-hydrogen) atoms. The van der Waals surface area contributed by atoms with Gasteiger partial charge in [0.25, 0.3) is 0 Å². The van der Waals surface area contributed by atoms with E-state index in [9.17, 15) is 9.90 Å². The number of ketones is 1. The lowest BCUT2D eigenvalue weighted by Gasteiger charge is -2.35. The van der Waals surface area contributed by atoms with Crippen molar-refractivity contribution in [2.75, 3.05) is 19.0 Å². The number of thioether (sulfide) groups is 1. The summed E-state index contributed by atoms with van der Waals surface area (Å²) in [7, 11) is 0. The van der Waals surface area contributed by atoms with E-state index in [-0.39, 0.29) is 24.4 Å². The molecule has 3 nitrogen and oxygen atoms in total. The van der Waals surface area contributed by atoms with Crippen LogP contribution in [0.4, 0.5) is 0 Å². The molecule has 4 heteroatoms. The summed E-state index contributed by atoms with van der Waals surface area (Å²) in [5.41, 5.74) is 2.79. The molecule has 0 aliphatic heterocycles. The van der Waals surface area contributed by atoms with E-state index in [2.05, 4.69) is 44.7 Å². The molecular weight excluding hydrogens is 464 g/mol. The van der Waals surface area contributed by atoms with Crippen LogP contribution in [0.5, 0.6) is 5.75 Å². The third kappa shape index (κ3) is 11.5. The Bertz CT molecular complexity index is 824. The maximum Gasteiger partial charge on any atom is 0.175 e. The fraction of sp³-hybridized carbons (Fsp3) is 0.594.